The number of nitrogens with one attached hydrogen (secondary N) is 1. The maximum atomic E-state index is 12.1. The Morgan fingerprint density at radius 2 is 2.15 bits per heavy atom. The molecule has 1 aromatic carbocycles. The molecule has 1 amide bonds. The summed E-state index contributed by atoms with van der Waals surface area (Å²) in [6.07, 6.45) is 3.41. The lowest BCUT2D eigenvalue weighted by atomic mass is 10.3. The molecule has 2 heterocycles. The molecule has 3 aromatic rings. The topological polar surface area (TPSA) is 90.4 Å². The second-order valence-corrected chi connectivity index (χ2v) is 7.09. The van der Waals surface area contributed by atoms with Gasteiger partial charge in [-0.3, -0.25) is 10.1 Å². The van der Waals surface area contributed by atoms with Crippen LogP contribution in [0.1, 0.15) is 17.3 Å². The molecule has 9 heteroatoms. The molecule has 0 atom stereocenters. The molecule has 0 saturated carbocycles. The Labute approximate surface area is 164 Å². The van der Waals surface area contributed by atoms with Gasteiger partial charge in [0.1, 0.15) is 10.8 Å². The number of carbonyl (C=O) groups is 2. The summed E-state index contributed by atoms with van der Waals surface area (Å²) < 4.78 is 11.4. The fraction of sp³-hybridized carbons (Fsp3) is 0.222. The third-order valence-corrected chi connectivity index (χ3v) is 5.08. The number of nitrogens with zero attached hydrogens (tertiary/aromatic N) is 2. The van der Waals surface area contributed by atoms with Gasteiger partial charge in [-0.15, -0.1) is 11.8 Å². The van der Waals surface area contributed by atoms with Crippen LogP contribution in [0.5, 0.6) is 5.75 Å². The molecule has 0 aliphatic heterocycles. The van der Waals surface area contributed by atoms with Gasteiger partial charge < -0.3 is 9.47 Å². The summed E-state index contributed by atoms with van der Waals surface area (Å²) in [5, 5.41) is 3.64. The summed E-state index contributed by atoms with van der Waals surface area (Å²) in [5.74, 6) is -0.295. The van der Waals surface area contributed by atoms with Gasteiger partial charge in [-0.25, -0.2) is 14.8 Å². The van der Waals surface area contributed by atoms with E-state index in [1.807, 2.05) is 31.4 Å². The minimum atomic E-state index is -0.590. The van der Waals surface area contributed by atoms with Crippen molar-refractivity contribution in [2.75, 3.05) is 24.8 Å². The second-order valence-electron chi connectivity index (χ2n) is 5.27. The van der Waals surface area contributed by atoms with Crippen LogP contribution in [0.3, 0.4) is 0 Å². The number of esters is 1. The molecule has 7 nitrogen and oxygen atoms in total. The van der Waals surface area contributed by atoms with E-state index >= 15 is 0 Å². The first-order valence-corrected chi connectivity index (χ1v) is 10.1. The first-order valence-electron chi connectivity index (χ1n) is 8.10. The molecular formula is C18H17N3O4S2. The monoisotopic (exact) mass is 403 g/mol. The Kier molecular flexibility index (Phi) is 6.25. The molecule has 140 valence electrons. The van der Waals surface area contributed by atoms with Crippen LogP contribution in [-0.4, -0.2) is 41.3 Å². The number of rotatable bonds is 7. The Balaban J connectivity index is 1.60. The normalized spacial score (nSPS) is 10.6. The molecule has 0 aliphatic carbocycles. The van der Waals surface area contributed by atoms with Crippen LogP contribution < -0.4 is 10.1 Å². The summed E-state index contributed by atoms with van der Waals surface area (Å²) >= 11 is 2.66. The fourth-order valence-corrected chi connectivity index (χ4v) is 3.74. The molecule has 1 N–H and O–H groups in total. The zero-order valence-electron chi connectivity index (χ0n) is 14.7. The number of anilines is 1. The van der Waals surface area contributed by atoms with Gasteiger partial charge in [0.05, 0.1) is 22.4 Å². The lowest BCUT2D eigenvalue weighted by Gasteiger charge is -2.06. The molecule has 0 fully saturated rings. The minimum absolute atomic E-state index is 0.334. The van der Waals surface area contributed by atoms with Crippen LogP contribution in [0.2, 0.25) is 0 Å². The van der Waals surface area contributed by atoms with E-state index in [1.54, 1.807) is 18.3 Å². The number of hydrogen-bond donors (Lipinski definition) is 1. The largest absolute Gasteiger partial charge is 0.494 e. The van der Waals surface area contributed by atoms with Crippen molar-refractivity contribution < 1.29 is 19.1 Å². The van der Waals surface area contributed by atoms with Gasteiger partial charge in [-0.05, 0) is 43.5 Å². The third-order valence-electron chi connectivity index (χ3n) is 3.44. The standard InChI is InChI=1S/C18H17N3O4S2/c1-3-24-11-6-7-13-14(9-11)27-18(20-13)21-15(22)10-25-17(23)12-5-4-8-19-16(12)26-2/h4-9H,3,10H2,1-2H3,(H,20,21,22). The number of carbonyl (C=O) groups excluding carboxylic acids is 2. The van der Waals surface area contributed by atoms with Gasteiger partial charge in [0.25, 0.3) is 5.91 Å². The van der Waals surface area contributed by atoms with Crippen LogP contribution in [0.15, 0.2) is 41.6 Å². The van der Waals surface area contributed by atoms with E-state index in [2.05, 4.69) is 15.3 Å². The molecule has 0 saturated heterocycles. The number of amides is 1. The first kappa shape index (κ1) is 19.1. The van der Waals surface area contributed by atoms with E-state index in [-0.39, 0.29) is 0 Å². The van der Waals surface area contributed by atoms with Crippen LogP contribution in [0, 0.1) is 0 Å². The van der Waals surface area contributed by atoms with Gasteiger partial charge in [-0.1, -0.05) is 11.3 Å². The van der Waals surface area contributed by atoms with Gasteiger partial charge in [-0.2, -0.15) is 0 Å². The number of hydrogen-bond acceptors (Lipinski definition) is 8. The Morgan fingerprint density at radius 1 is 1.30 bits per heavy atom. The molecule has 0 aliphatic rings. The maximum absolute atomic E-state index is 12.1. The average Bonchev–Trinajstić information content (AvgIpc) is 3.07. The first-order chi connectivity index (χ1) is 13.1. The number of aromatic nitrogens is 2. The summed E-state index contributed by atoms with van der Waals surface area (Å²) in [5.41, 5.74) is 1.09. The summed E-state index contributed by atoms with van der Waals surface area (Å²) in [7, 11) is 0. The SMILES string of the molecule is CCOc1ccc2nc(NC(=O)COC(=O)c3cccnc3SC)sc2c1. The smallest absolute Gasteiger partial charge is 0.341 e. The van der Waals surface area contributed by atoms with Gasteiger partial charge in [0, 0.05) is 6.20 Å². The third kappa shape index (κ3) is 4.75. The van der Waals surface area contributed by atoms with Gasteiger partial charge in [0.15, 0.2) is 11.7 Å². The van der Waals surface area contributed by atoms with E-state index < -0.39 is 18.5 Å². The molecule has 27 heavy (non-hydrogen) atoms. The highest BCUT2D eigenvalue weighted by atomic mass is 32.2. The van der Waals surface area contributed by atoms with Crippen LogP contribution >= 0.6 is 23.1 Å². The number of thiazole rings is 1. The zero-order valence-corrected chi connectivity index (χ0v) is 16.4. The van der Waals surface area contributed by atoms with Gasteiger partial charge >= 0.3 is 5.97 Å². The van der Waals surface area contributed by atoms with Crippen molar-refractivity contribution in [3.8, 4) is 5.75 Å². The van der Waals surface area contributed by atoms with Crippen LogP contribution in [-0.2, 0) is 9.53 Å². The number of benzene rings is 1. The second kappa shape index (κ2) is 8.83. The Bertz CT molecular complexity index is 974. The fourth-order valence-electron chi connectivity index (χ4n) is 2.29. The van der Waals surface area contributed by atoms with E-state index in [4.69, 9.17) is 9.47 Å². The van der Waals surface area contributed by atoms with Crippen LogP contribution in [0.4, 0.5) is 5.13 Å². The quantitative estimate of drug-likeness (QED) is 0.476. The predicted octanol–water partition coefficient (Wildman–Crippen LogP) is 3.61. The van der Waals surface area contributed by atoms with E-state index in [0.717, 1.165) is 16.0 Å². The van der Waals surface area contributed by atoms with Gasteiger partial charge in [0.2, 0.25) is 0 Å². The summed E-state index contributed by atoms with van der Waals surface area (Å²) in [6.45, 7) is 2.09. The van der Waals surface area contributed by atoms with Crippen molar-refractivity contribution in [1.82, 2.24) is 9.97 Å². The molecule has 0 spiro atoms. The van der Waals surface area contributed by atoms with E-state index in [9.17, 15) is 9.59 Å². The highest BCUT2D eigenvalue weighted by Gasteiger charge is 2.15. The summed E-state index contributed by atoms with van der Waals surface area (Å²) in [4.78, 5) is 32.7. The summed E-state index contributed by atoms with van der Waals surface area (Å²) in [6, 6.07) is 8.80. The molecule has 0 unspecified atom stereocenters. The van der Waals surface area contributed by atoms with Crippen molar-refractivity contribution >= 4 is 50.3 Å². The average molecular weight is 403 g/mol. The van der Waals surface area contributed by atoms with Crippen molar-refractivity contribution in [3.05, 3.63) is 42.1 Å². The van der Waals surface area contributed by atoms with Crippen molar-refractivity contribution in [2.45, 2.75) is 11.9 Å². The molecule has 0 radical (unpaired) electrons. The van der Waals surface area contributed by atoms with E-state index in [0.29, 0.717) is 22.3 Å². The Hall–Kier alpha value is -2.65. The van der Waals surface area contributed by atoms with Crippen molar-refractivity contribution in [2.24, 2.45) is 0 Å². The van der Waals surface area contributed by atoms with Crippen molar-refractivity contribution in [3.63, 3.8) is 0 Å². The highest BCUT2D eigenvalue weighted by molar-refractivity contribution is 7.98. The number of thioether (sulfide) groups is 1. The van der Waals surface area contributed by atoms with Crippen LogP contribution in [0.25, 0.3) is 10.2 Å². The number of ether oxygens (including phenoxy) is 2. The van der Waals surface area contributed by atoms with Crippen molar-refractivity contribution in [1.29, 1.82) is 0 Å². The highest BCUT2D eigenvalue weighted by Crippen LogP contribution is 2.29. The number of fused-ring (bicyclic) bond motifs is 1. The lowest BCUT2D eigenvalue weighted by molar-refractivity contribution is -0.119. The molecule has 3 rings (SSSR count). The molecule has 2 aromatic heterocycles. The van der Waals surface area contributed by atoms with E-state index in [1.165, 1.54) is 23.1 Å². The zero-order chi connectivity index (χ0) is 19.2. The molecule has 0 bridgehead atoms. The predicted molar refractivity (Wildman–Crippen MR) is 106 cm³/mol. The maximum Gasteiger partial charge on any atom is 0.341 e. The minimum Gasteiger partial charge on any atom is -0.494 e. The Morgan fingerprint density at radius 3 is 2.93 bits per heavy atom. The molecular weight excluding hydrogens is 386 g/mol. The lowest BCUT2D eigenvalue weighted by Crippen LogP contribution is -2.21. The number of pyridine rings is 1.